The Morgan fingerprint density at radius 1 is 1.07 bits per heavy atom. The second kappa shape index (κ2) is 2.58. The standard InChI is InChI=1S/C11H17N2P/c1-14(2,3,4)13-9-12-10-7-5-6-8-11(10)13/h5-9H,1-4H3. The third-order valence-electron chi connectivity index (χ3n) is 2.30. The van der Waals surface area contributed by atoms with Gasteiger partial charge in [0.05, 0.1) is 0 Å². The molecule has 0 saturated carbocycles. The van der Waals surface area contributed by atoms with Crippen LogP contribution in [0.15, 0.2) is 30.6 Å². The van der Waals surface area contributed by atoms with E-state index >= 15 is 0 Å². The zero-order valence-corrected chi connectivity index (χ0v) is 10.1. The molecule has 0 bridgehead atoms. The van der Waals surface area contributed by atoms with Crippen molar-refractivity contribution >= 4 is 17.8 Å². The molecule has 0 fully saturated rings. The molecule has 0 radical (unpaired) electrons. The number of aromatic nitrogens is 2. The van der Waals surface area contributed by atoms with Gasteiger partial charge in [-0.25, -0.2) is 0 Å². The van der Waals surface area contributed by atoms with Crippen LogP contribution in [0.3, 0.4) is 0 Å². The van der Waals surface area contributed by atoms with Crippen molar-refractivity contribution in [1.82, 2.24) is 9.32 Å². The number of nitrogens with zero attached hydrogens (tertiary/aromatic N) is 2. The molecule has 0 spiro atoms. The van der Waals surface area contributed by atoms with Gasteiger partial charge < -0.3 is 0 Å². The van der Waals surface area contributed by atoms with Crippen LogP contribution in [0.5, 0.6) is 0 Å². The van der Waals surface area contributed by atoms with Gasteiger partial charge in [-0.1, -0.05) is 0 Å². The summed E-state index contributed by atoms with van der Waals surface area (Å²) in [7, 11) is 0. The van der Waals surface area contributed by atoms with E-state index in [2.05, 4.69) is 54.2 Å². The monoisotopic (exact) mass is 208 g/mol. The van der Waals surface area contributed by atoms with Gasteiger partial charge in [-0.3, -0.25) is 0 Å². The fourth-order valence-electron chi connectivity index (χ4n) is 1.58. The van der Waals surface area contributed by atoms with Crippen molar-refractivity contribution < 1.29 is 0 Å². The van der Waals surface area contributed by atoms with Crippen molar-refractivity contribution in [3.8, 4) is 0 Å². The van der Waals surface area contributed by atoms with Gasteiger partial charge in [0, 0.05) is 0 Å². The molecule has 3 heteroatoms. The minimum absolute atomic E-state index is 1.09. The van der Waals surface area contributed by atoms with Crippen molar-refractivity contribution in [2.75, 3.05) is 26.7 Å². The Balaban J connectivity index is 2.77. The van der Waals surface area contributed by atoms with E-state index in [1.54, 1.807) is 0 Å². The third-order valence-corrected chi connectivity index (χ3v) is 4.34. The molecule has 1 aromatic carbocycles. The number of imidazole rings is 1. The zero-order chi connectivity index (χ0) is 10.4. The summed E-state index contributed by atoms with van der Waals surface area (Å²) in [6, 6.07) is 8.31. The van der Waals surface area contributed by atoms with Crippen LogP contribution in [-0.4, -0.2) is 36.0 Å². The molecule has 0 aliphatic heterocycles. The third kappa shape index (κ3) is 1.55. The Labute approximate surface area is 84.9 Å². The molecule has 2 rings (SSSR count). The fourth-order valence-corrected chi connectivity index (χ4v) is 3.08. The number of hydrogen-bond acceptors (Lipinski definition) is 1. The first kappa shape index (κ1) is 9.67. The average molecular weight is 208 g/mol. The number of hydrogen-bond donors (Lipinski definition) is 0. The molecule has 0 atom stereocenters. The van der Waals surface area contributed by atoms with E-state index in [1.165, 1.54) is 5.52 Å². The molecule has 14 heavy (non-hydrogen) atoms. The molecule has 2 aromatic rings. The molecule has 0 saturated heterocycles. The summed E-state index contributed by atoms with van der Waals surface area (Å²) in [4.78, 5) is 4.43. The second-order valence-electron chi connectivity index (χ2n) is 5.56. The summed E-state index contributed by atoms with van der Waals surface area (Å²) >= 11 is 0. The molecule has 0 unspecified atom stereocenters. The Morgan fingerprint density at radius 3 is 2.36 bits per heavy atom. The summed E-state index contributed by atoms with van der Waals surface area (Å²) in [6.45, 7) is 7.58. The molecular formula is C11H17N2P. The van der Waals surface area contributed by atoms with E-state index in [-0.39, 0.29) is 0 Å². The van der Waals surface area contributed by atoms with Crippen LogP contribution in [0, 0.1) is 0 Å². The van der Waals surface area contributed by atoms with Crippen molar-refractivity contribution in [1.29, 1.82) is 0 Å². The van der Waals surface area contributed by atoms with Crippen LogP contribution in [0.2, 0.25) is 0 Å². The average Bonchev–Trinajstić information content (AvgIpc) is 2.44. The zero-order valence-electron chi connectivity index (χ0n) is 9.23. The molecule has 0 aliphatic carbocycles. The van der Waals surface area contributed by atoms with Gasteiger partial charge in [0.1, 0.15) is 0 Å². The maximum atomic E-state index is 4.43. The van der Waals surface area contributed by atoms with Crippen LogP contribution >= 0.6 is 6.75 Å². The molecule has 1 heterocycles. The van der Waals surface area contributed by atoms with Crippen LogP contribution in [0.4, 0.5) is 0 Å². The number of para-hydroxylation sites is 2. The van der Waals surface area contributed by atoms with Crippen molar-refractivity contribution in [3.05, 3.63) is 30.6 Å². The first-order chi connectivity index (χ1) is 6.35. The van der Waals surface area contributed by atoms with Crippen molar-refractivity contribution in [2.45, 2.75) is 0 Å². The van der Waals surface area contributed by atoms with Gasteiger partial charge in [0.15, 0.2) is 0 Å². The van der Waals surface area contributed by atoms with Gasteiger partial charge in [-0.05, 0) is 0 Å². The predicted octanol–water partition coefficient (Wildman–Crippen LogP) is 2.87. The molecule has 76 valence electrons. The van der Waals surface area contributed by atoms with Crippen LogP contribution in [0.1, 0.15) is 0 Å². The van der Waals surface area contributed by atoms with Crippen LogP contribution in [-0.2, 0) is 0 Å². The van der Waals surface area contributed by atoms with Crippen molar-refractivity contribution in [3.63, 3.8) is 0 Å². The molecule has 2 nitrogen and oxygen atoms in total. The summed E-state index contributed by atoms with van der Waals surface area (Å²) in [5, 5.41) is 0. The first-order valence-electron chi connectivity index (χ1n) is 4.78. The molecule has 0 amide bonds. The summed E-state index contributed by atoms with van der Waals surface area (Å²) < 4.78 is 2.35. The van der Waals surface area contributed by atoms with E-state index in [0.717, 1.165) is 5.52 Å². The Kier molecular flexibility index (Phi) is 1.78. The topological polar surface area (TPSA) is 17.8 Å². The van der Waals surface area contributed by atoms with E-state index < -0.39 is 6.75 Å². The molecule has 0 N–H and O–H groups in total. The quantitative estimate of drug-likeness (QED) is 0.659. The Bertz CT molecular complexity index is 467. The normalized spacial score (nSPS) is 15.3. The number of benzene rings is 1. The second-order valence-corrected chi connectivity index (χ2v) is 13.0. The maximum absolute atomic E-state index is 4.43. The number of rotatable bonds is 1. The first-order valence-corrected chi connectivity index (χ1v) is 8.76. The number of fused-ring (bicyclic) bond motifs is 1. The van der Waals surface area contributed by atoms with Gasteiger partial charge in [0.25, 0.3) is 0 Å². The van der Waals surface area contributed by atoms with Gasteiger partial charge >= 0.3 is 84.4 Å². The van der Waals surface area contributed by atoms with Crippen LogP contribution < -0.4 is 0 Å². The molecular weight excluding hydrogens is 191 g/mol. The van der Waals surface area contributed by atoms with Gasteiger partial charge in [-0.2, -0.15) is 0 Å². The summed E-state index contributed by atoms with van der Waals surface area (Å²) in [5.41, 5.74) is 2.34. The van der Waals surface area contributed by atoms with E-state index in [9.17, 15) is 0 Å². The Hall–Kier alpha value is -0.880. The van der Waals surface area contributed by atoms with Crippen molar-refractivity contribution in [2.24, 2.45) is 0 Å². The summed E-state index contributed by atoms with van der Waals surface area (Å²) in [6.07, 6.45) is 1.97. The van der Waals surface area contributed by atoms with Gasteiger partial charge in [0.2, 0.25) is 0 Å². The predicted molar refractivity (Wildman–Crippen MR) is 65.7 cm³/mol. The Morgan fingerprint density at radius 2 is 1.71 bits per heavy atom. The fraction of sp³-hybridized carbons (Fsp3) is 0.364. The molecule has 0 aliphatic rings. The SMILES string of the molecule is CP(C)(C)(C)n1cnc2ccccc21. The summed E-state index contributed by atoms with van der Waals surface area (Å²) in [5.74, 6) is 0. The van der Waals surface area contributed by atoms with E-state index in [1.807, 2.05) is 12.4 Å². The molecule has 1 aromatic heterocycles. The van der Waals surface area contributed by atoms with Gasteiger partial charge in [-0.15, -0.1) is 0 Å². The minimum atomic E-state index is -1.76. The van der Waals surface area contributed by atoms with Crippen LogP contribution in [0.25, 0.3) is 11.0 Å². The van der Waals surface area contributed by atoms with E-state index in [4.69, 9.17) is 0 Å². The van der Waals surface area contributed by atoms with E-state index in [0.29, 0.717) is 0 Å².